The van der Waals surface area contributed by atoms with Gasteiger partial charge < -0.3 is 9.13 Å². The van der Waals surface area contributed by atoms with Crippen molar-refractivity contribution in [1.29, 1.82) is 15.8 Å². The Bertz CT molecular complexity index is 2920. The highest BCUT2D eigenvalue weighted by atomic mass is 15.0. The summed E-state index contributed by atoms with van der Waals surface area (Å²) in [5, 5.41) is 34.3. The number of fused-ring (bicyclic) bond motifs is 6. The fourth-order valence-electron chi connectivity index (χ4n) is 7.45. The molecule has 50 heavy (non-hydrogen) atoms. The first-order valence-electron chi connectivity index (χ1n) is 16.3. The maximum Gasteiger partial charge on any atom is 0.101 e. The molecule has 5 heteroatoms. The van der Waals surface area contributed by atoms with Crippen molar-refractivity contribution in [2.45, 2.75) is 0 Å². The van der Waals surface area contributed by atoms with Crippen LogP contribution in [0.5, 0.6) is 0 Å². The van der Waals surface area contributed by atoms with Gasteiger partial charge in [0.15, 0.2) is 0 Å². The Morgan fingerprint density at radius 3 is 1.82 bits per heavy atom. The van der Waals surface area contributed by atoms with E-state index in [9.17, 15) is 15.8 Å². The van der Waals surface area contributed by atoms with Crippen LogP contribution >= 0.6 is 0 Å². The molecule has 7 aromatic carbocycles. The van der Waals surface area contributed by atoms with Crippen molar-refractivity contribution in [3.63, 3.8) is 0 Å². The number of hydrogen-bond acceptors (Lipinski definition) is 3. The predicted molar refractivity (Wildman–Crippen MR) is 200 cm³/mol. The van der Waals surface area contributed by atoms with Crippen LogP contribution in [0.1, 0.15) is 16.7 Å². The summed E-state index contributed by atoms with van der Waals surface area (Å²) in [6.07, 6.45) is 0. The number of rotatable bonds is 4. The third-order valence-electron chi connectivity index (χ3n) is 9.63. The van der Waals surface area contributed by atoms with E-state index in [1.54, 1.807) is 6.07 Å². The van der Waals surface area contributed by atoms with Crippen molar-refractivity contribution in [2.24, 2.45) is 0 Å². The Kier molecular flexibility index (Phi) is 6.56. The second-order valence-corrected chi connectivity index (χ2v) is 12.3. The molecule has 0 aliphatic rings. The third-order valence-corrected chi connectivity index (χ3v) is 9.63. The van der Waals surface area contributed by atoms with Crippen molar-refractivity contribution in [3.8, 4) is 51.8 Å². The lowest BCUT2D eigenvalue weighted by Gasteiger charge is -2.16. The first kappa shape index (κ1) is 28.8. The first-order chi connectivity index (χ1) is 24.7. The lowest BCUT2D eigenvalue weighted by atomic mass is 9.94. The van der Waals surface area contributed by atoms with E-state index >= 15 is 0 Å². The topological polar surface area (TPSA) is 81.2 Å². The Morgan fingerprint density at radius 1 is 0.400 bits per heavy atom. The van der Waals surface area contributed by atoms with Crippen LogP contribution in [0.2, 0.25) is 0 Å². The number of nitrogens with zero attached hydrogens (tertiary/aromatic N) is 5. The molecule has 0 atom stereocenters. The van der Waals surface area contributed by atoms with E-state index in [0.717, 1.165) is 66.5 Å². The zero-order valence-electron chi connectivity index (χ0n) is 26.7. The molecule has 2 heterocycles. The largest absolute Gasteiger partial charge is 0.309 e. The SMILES string of the molecule is N#Cc1ccc2c(c1)c1cccc(C#N)c1n2-c1cccc(-c2cc(-c3ccccc3-n3c4ccccc4c4ccccc43)ccc2C#N)c1. The van der Waals surface area contributed by atoms with Crippen molar-refractivity contribution in [1.82, 2.24) is 9.13 Å². The van der Waals surface area contributed by atoms with Gasteiger partial charge in [-0.2, -0.15) is 15.8 Å². The zero-order valence-corrected chi connectivity index (χ0v) is 26.7. The number of benzene rings is 7. The monoisotopic (exact) mass is 635 g/mol. The Labute approximate surface area is 287 Å². The average molecular weight is 636 g/mol. The van der Waals surface area contributed by atoms with Crippen molar-refractivity contribution in [2.75, 3.05) is 0 Å². The normalized spacial score (nSPS) is 11.1. The van der Waals surface area contributed by atoms with E-state index in [-0.39, 0.29) is 0 Å². The van der Waals surface area contributed by atoms with Crippen LogP contribution in [-0.4, -0.2) is 9.13 Å². The molecular formula is C45H25N5. The predicted octanol–water partition coefficient (Wildman–Crippen LogP) is 10.8. The highest BCUT2D eigenvalue weighted by Gasteiger charge is 2.19. The van der Waals surface area contributed by atoms with E-state index in [0.29, 0.717) is 16.7 Å². The number of aromatic nitrogens is 2. The second-order valence-electron chi connectivity index (χ2n) is 12.3. The van der Waals surface area contributed by atoms with Crippen LogP contribution in [0.4, 0.5) is 0 Å². The highest BCUT2D eigenvalue weighted by Crippen LogP contribution is 2.39. The second kappa shape index (κ2) is 11.4. The fourth-order valence-corrected chi connectivity index (χ4v) is 7.45. The van der Waals surface area contributed by atoms with Gasteiger partial charge in [-0.05, 0) is 77.9 Å². The lowest BCUT2D eigenvalue weighted by molar-refractivity contribution is 1.17. The number of para-hydroxylation sites is 4. The summed E-state index contributed by atoms with van der Waals surface area (Å²) >= 11 is 0. The standard InChI is InChI=1S/C45H25N5/c46-26-29-19-22-44-40(23-29)38-15-8-10-33(28-48)45(38)49(44)34-11-7-9-30(24-34)39-25-31(20-21-32(39)27-47)35-12-1-4-16-41(35)50-42-17-5-2-13-36(42)37-14-3-6-18-43(37)50/h1-25H. The average Bonchev–Trinajstić information content (AvgIpc) is 3.70. The van der Waals surface area contributed by atoms with Gasteiger partial charge in [0.05, 0.1) is 56.6 Å². The van der Waals surface area contributed by atoms with Gasteiger partial charge in [-0.15, -0.1) is 0 Å². The molecule has 230 valence electrons. The van der Waals surface area contributed by atoms with Gasteiger partial charge in [-0.25, -0.2) is 0 Å². The summed E-state index contributed by atoms with van der Waals surface area (Å²) < 4.78 is 4.41. The van der Waals surface area contributed by atoms with Gasteiger partial charge in [0, 0.05) is 38.4 Å². The summed E-state index contributed by atoms with van der Waals surface area (Å²) in [6.45, 7) is 0. The molecule has 9 aromatic rings. The summed E-state index contributed by atoms with van der Waals surface area (Å²) in [5.74, 6) is 0. The molecule has 0 fully saturated rings. The van der Waals surface area contributed by atoms with Gasteiger partial charge >= 0.3 is 0 Å². The minimum Gasteiger partial charge on any atom is -0.309 e. The van der Waals surface area contributed by atoms with Crippen molar-refractivity contribution < 1.29 is 0 Å². The van der Waals surface area contributed by atoms with Gasteiger partial charge in [0.25, 0.3) is 0 Å². The van der Waals surface area contributed by atoms with Crippen LogP contribution in [0.3, 0.4) is 0 Å². The van der Waals surface area contributed by atoms with E-state index in [2.05, 4.69) is 112 Å². The molecule has 0 saturated carbocycles. The molecule has 5 nitrogen and oxygen atoms in total. The molecule has 0 radical (unpaired) electrons. The smallest absolute Gasteiger partial charge is 0.101 e. The molecule has 0 saturated heterocycles. The molecule has 0 bridgehead atoms. The first-order valence-corrected chi connectivity index (χ1v) is 16.3. The molecule has 2 aromatic heterocycles. The molecule has 0 aliphatic heterocycles. The third kappa shape index (κ3) is 4.31. The Hall–Kier alpha value is -7.39. The van der Waals surface area contributed by atoms with E-state index < -0.39 is 0 Å². The van der Waals surface area contributed by atoms with E-state index in [1.807, 2.05) is 60.7 Å². The van der Waals surface area contributed by atoms with Crippen LogP contribution in [0.25, 0.3) is 77.2 Å². The van der Waals surface area contributed by atoms with Crippen LogP contribution in [-0.2, 0) is 0 Å². The number of nitriles is 3. The van der Waals surface area contributed by atoms with Crippen molar-refractivity contribution >= 4 is 43.6 Å². The Morgan fingerprint density at radius 2 is 1.06 bits per heavy atom. The zero-order chi connectivity index (χ0) is 33.8. The van der Waals surface area contributed by atoms with Crippen LogP contribution < -0.4 is 0 Å². The van der Waals surface area contributed by atoms with E-state index in [1.165, 1.54) is 10.8 Å². The Balaban J connectivity index is 1.25. The van der Waals surface area contributed by atoms with E-state index in [4.69, 9.17) is 0 Å². The maximum absolute atomic E-state index is 10.3. The summed E-state index contributed by atoms with van der Waals surface area (Å²) in [6, 6.07) is 57.9. The quantitative estimate of drug-likeness (QED) is 0.193. The molecule has 0 spiro atoms. The molecule has 0 unspecified atom stereocenters. The van der Waals surface area contributed by atoms with Crippen LogP contribution in [0, 0.1) is 34.0 Å². The maximum atomic E-state index is 10.3. The van der Waals surface area contributed by atoms with Gasteiger partial charge in [-0.3, -0.25) is 0 Å². The number of hydrogen-bond donors (Lipinski definition) is 0. The molecular weight excluding hydrogens is 611 g/mol. The van der Waals surface area contributed by atoms with Crippen LogP contribution in [0.15, 0.2) is 152 Å². The summed E-state index contributed by atoms with van der Waals surface area (Å²) in [4.78, 5) is 0. The minimum atomic E-state index is 0.545. The fraction of sp³-hybridized carbons (Fsp3) is 0. The summed E-state index contributed by atoms with van der Waals surface area (Å²) in [5.41, 5.74) is 11.3. The highest BCUT2D eigenvalue weighted by molar-refractivity contribution is 6.12. The van der Waals surface area contributed by atoms with Gasteiger partial charge in [0.2, 0.25) is 0 Å². The minimum absolute atomic E-state index is 0.545. The van der Waals surface area contributed by atoms with Gasteiger partial charge in [-0.1, -0.05) is 84.9 Å². The molecule has 9 rings (SSSR count). The summed E-state index contributed by atoms with van der Waals surface area (Å²) in [7, 11) is 0. The molecule has 0 amide bonds. The van der Waals surface area contributed by atoms with Crippen molar-refractivity contribution in [3.05, 3.63) is 168 Å². The molecule has 0 N–H and O–H groups in total. The molecule has 0 aliphatic carbocycles. The lowest BCUT2D eigenvalue weighted by Crippen LogP contribution is -1.98. The van der Waals surface area contributed by atoms with Gasteiger partial charge in [0.1, 0.15) is 6.07 Å².